The summed E-state index contributed by atoms with van der Waals surface area (Å²) < 4.78 is 0. The Kier molecular flexibility index (Phi) is 5.78. The van der Waals surface area contributed by atoms with Gasteiger partial charge in [-0.05, 0) is 19.8 Å². The number of aryl methyl sites for hydroxylation is 1. The third kappa shape index (κ3) is 4.24. The molecule has 2 rings (SSSR count). The standard InChI is InChI=1S/C15H24N6O3/c1-10-11(18-14(17-2)19-13(10)16)4-3-6-20-8-9-21(15(20)24)7-5-12(22)23/h3-9H2,1-2H3,(H,22,23)(H3,16,17,18,19). The molecule has 2 heterocycles. The van der Waals surface area contributed by atoms with Gasteiger partial charge in [-0.2, -0.15) is 4.98 Å². The van der Waals surface area contributed by atoms with Gasteiger partial charge in [-0.15, -0.1) is 0 Å². The summed E-state index contributed by atoms with van der Waals surface area (Å²) in [6.45, 7) is 3.97. The molecule has 2 amide bonds. The number of anilines is 2. The second-order valence-electron chi connectivity index (χ2n) is 5.76. The molecular weight excluding hydrogens is 312 g/mol. The third-order valence-electron chi connectivity index (χ3n) is 4.13. The summed E-state index contributed by atoms with van der Waals surface area (Å²) in [6, 6.07) is -0.0916. The fraction of sp³-hybridized carbons (Fsp3) is 0.600. The van der Waals surface area contributed by atoms with Gasteiger partial charge in [0.25, 0.3) is 0 Å². The Morgan fingerprint density at radius 1 is 1.29 bits per heavy atom. The quantitative estimate of drug-likeness (QED) is 0.633. The molecule has 0 aromatic carbocycles. The Hall–Kier alpha value is -2.58. The number of nitrogens with two attached hydrogens (primary N) is 1. The summed E-state index contributed by atoms with van der Waals surface area (Å²) in [5.41, 5.74) is 7.62. The average molecular weight is 336 g/mol. The minimum atomic E-state index is -0.890. The summed E-state index contributed by atoms with van der Waals surface area (Å²) in [7, 11) is 1.74. The third-order valence-corrected chi connectivity index (χ3v) is 4.13. The van der Waals surface area contributed by atoms with E-state index in [-0.39, 0.29) is 19.0 Å². The van der Waals surface area contributed by atoms with Crippen LogP contribution in [0.2, 0.25) is 0 Å². The van der Waals surface area contributed by atoms with Crippen LogP contribution in [0.5, 0.6) is 0 Å². The zero-order valence-electron chi connectivity index (χ0n) is 14.1. The van der Waals surface area contributed by atoms with Crippen molar-refractivity contribution < 1.29 is 14.7 Å². The largest absolute Gasteiger partial charge is 0.481 e. The Morgan fingerprint density at radius 2 is 1.96 bits per heavy atom. The van der Waals surface area contributed by atoms with Crippen LogP contribution >= 0.6 is 0 Å². The summed E-state index contributed by atoms with van der Waals surface area (Å²) in [5, 5.41) is 11.6. The van der Waals surface area contributed by atoms with E-state index in [0.29, 0.717) is 37.8 Å². The number of nitrogens with zero attached hydrogens (tertiary/aromatic N) is 4. The van der Waals surface area contributed by atoms with Gasteiger partial charge in [0.05, 0.1) is 12.1 Å². The SMILES string of the molecule is CNc1nc(N)c(C)c(CCCN2CCN(CCC(=O)O)C2=O)n1. The number of nitrogen functional groups attached to an aromatic ring is 1. The maximum absolute atomic E-state index is 12.2. The molecular formula is C15H24N6O3. The molecule has 0 unspecified atom stereocenters. The fourth-order valence-electron chi connectivity index (χ4n) is 2.65. The molecule has 132 valence electrons. The molecule has 0 spiro atoms. The molecule has 1 aromatic rings. The van der Waals surface area contributed by atoms with Gasteiger partial charge in [-0.25, -0.2) is 9.78 Å². The first-order valence-corrected chi connectivity index (χ1v) is 7.98. The molecule has 0 radical (unpaired) electrons. The van der Waals surface area contributed by atoms with Crippen LogP contribution in [0.4, 0.5) is 16.6 Å². The Morgan fingerprint density at radius 3 is 2.58 bits per heavy atom. The van der Waals surface area contributed by atoms with Crippen LogP contribution in [0, 0.1) is 6.92 Å². The zero-order valence-corrected chi connectivity index (χ0v) is 14.1. The van der Waals surface area contributed by atoms with Crippen molar-refractivity contribution >= 4 is 23.8 Å². The topological polar surface area (TPSA) is 125 Å². The highest BCUT2D eigenvalue weighted by Crippen LogP contribution is 2.17. The normalized spacial score (nSPS) is 14.3. The van der Waals surface area contributed by atoms with Crippen molar-refractivity contribution in [3.8, 4) is 0 Å². The predicted molar refractivity (Wildman–Crippen MR) is 89.8 cm³/mol. The number of urea groups is 1. The van der Waals surface area contributed by atoms with Crippen LogP contribution in [0.15, 0.2) is 0 Å². The molecule has 0 atom stereocenters. The molecule has 24 heavy (non-hydrogen) atoms. The van der Waals surface area contributed by atoms with E-state index < -0.39 is 5.97 Å². The van der Waals surface area contributed by atoms with E-state index >= 15 is 0 Å². The summed E-state index contributed by atoms with van der Waals surface area (Å²) >= 11 is 0. The first kappa shape index (κ1) is 17.8. The zero-order chi connectivity index (χ0) is 17.7. The van der Waals surface area contributed by atoms with E-state index in [4.69, 9.17) is 10.8 Å². The summed E-state index contributed by atoms with van der Waals surface area (Å²) in [4.78, 5) is 34.7. The van der Waals surface area contributed by atoms with E-state index in [2.05, 4.69) is 15.3 Å². The number of carbonyl (C=O) groups is 2. The second-order valence-corrected chi connectivity index (χ2v) is 5.76. The molecule has 1 saturated heterocycles. The van der Waals surface area contributed by atoms with Gasteiger partial charge in [0, 0.05) is 38.8 Å². The van der Waals surface area contributed by atoms with E-state index in [0.717, 1.165) is 17.7 Å². The molecule has 0 saturated carbocycles. The van der Waals surface area contributed by atoms with Crippen LogP contribution in [0.1, 0.15) is 24.1 Å². The number of carboxylic acid groups (broad SMARTS) is 1. The van der Waals surface area contributed by atoms with Crippen LogP contribution in [0.25, 0.3) is 0 Å². The van der Waals surface area contributed by atoms with Crippen LogP contribution in [-0.4, -0.2) is 70.1 Å². The maximum Gasteiger partial charge on any atom is 0.320 e. The second kappa shape index (κ2) is 7.80. The highest BCUT2D eigenvalue weighted by atomic mass is 16.4. The van der Waals surface area contributed by atoms with Gasteiger partial charge < -0.3 is 26.0 Å². The number of amides is 2. The van der Waals surface area contributed by atoms with Crippen LogP contribution in [-0.2, 0) is 11.2 Å². The predicted octanol–water partition coefficient (Wildman–Crippen LogP) is 0.554. The molecule has 1 aliphatic rings. The van der Waals surface area contributed by atoms with E-state index in [1.807, 2.05) is 6.92 Å². The number of carboxylic acids is 1. The van der Waals surface area contributed by atoms with Crippen molar-refractivity contribution in [1.29, 1.82) is 0 Å². The lowest BCUT2D eigenvalue weighted by Crippen LogP contribution is -2.33. The molecule has 9 heteroatoms. The molecule has 0 aliphatic carbocycles. The Bertz CT molecular complexity index is 621. The highest BCUT2D eigenvalue weighted by molar-refractivity contribution is 5.77. The van der Waals surface area contributed by atoms with Crippen molar-refractivity contribution in [2.45, 2.75) is 26.2 Å². The van der Waals surface area contributed by atoms with Gasteiger partial charge in [0.2, 0.25) is 5.95 Å². The number of rotatable bonds is 8. The van der Waals surface area contributed by atoms with Gasteiger partial charge >= 0.3 is 12.0 Å². The van der Waals surface area contributed by atoms with Gasteiger partial charge in [-0.3, -0.25) is 4.79 Å². The van der Waals surface area contributed by atoms with E-state index in [1.54, 1.807) is 16.8 Å². The summed E-state index contributed by atoms with van der Waals surface area (Å²) in [6.07, 6.45) is 1.44. The van der Waals surface area contributed by atoms with Gasteiger partial charge in [0.15, 0.2) is 0 Å². The lowest BCUT2D eigenvalue weighted by atomic mass is 10.1. The lowest BCUT2D eigenvalue weighted by molar-refractivity contribution is -0.137. The summed E-state index contributed by atoms with van der Waals surface area (Å²) in [5.74, 6) is 0.0602. The first-order chi connectivity index (χ1) is 11.4. The average Bonchev–Trinajstić information content (AvgIpc) is 2.89. The van der Waals surface area contributed by atoms with Gasteiger partial charge in [-0.1, -0.05) is 0 Å². The lowest BCUT2D eigenvalue weighted by Gasteiger charge is -2.18. The fourth-order valence-corrected chi connectivity index (χ4v) is 2.65. The molecule has 0 bridgehead atoms. The Labute approximate surface area is 140 Å². The molecule has 4 N–H and O–H groups in total. The molecule has 1 aromatic heterocycles. The van der Waals surface area contributed by atoms with Crippen molar-refractivity contribution in [2.24, 2.45) is 0 Å². The number of hydrogen-bond donors (Lipinski definition) is 3. The Balaban J connectivity index is 1.86. The molecule has 1 fully saturated rings. The minimum Gasteiger partial charge on any atom is -0.481 e. The van der Waals surface area contributed by atoms with Crippen LogP contribution in [0.3, 0.4) is 0 Å². The first-order valence-electron chi connectivity index (χ1n) is 7.98. The number of aliphatic carboxylic acids is 1. The van der Waals surface area contributed by atoms with Crippen molar-refractivity contribution in [2.75, 3.05) is 44.3 Å². The molecule has 9 nitrogen and oxygen atoms in total. The van der Waals surface area contributed by atoms with Crippen LogP contribution < -0.4 is 11.1 Å². The monoisotopic (exact) mass is 336 g/mol. The van der Waals surface area contributed by atoms with Crippen molar-refractivity contribution in [3.63, 3.8) is 0 Å². The number of hydrogen-bond acceptors (Lipinski definition) is 6. The number of aromatic nitrogens is 2. The smallest absolute Gasteiger partial charge is 0.320 e. The molecule has 1 aliphatic heterocycles. The van der Waals surface area contributed by atoms with E-state index in [9.17, 15) is 9.59 Å². The number of nitrogens with one attached hydrogen (secondary N) is 1. The number of carbonyl (C=O) groups excluding carboxylic acids is 1. The van der Waals surface area contributed by atoms with Crippen molar-refractivity contribution in [1.82, 2.24) is 19.8 Å². The highest BCUT2D eigenvalue weighted by Gasteiger charge is 2.27. The minimum absolute atomic E-state index is 0.0220. The van der Waals surface area contributed by atoms with Gasteiger partial charge in [0.1, 0.15) is 5.82 Å². The maximum atomic E-state index is 12.2. The van der Waals surface area contributed by atoms with Crippen molar-refractivity contribution in [3.05, 3.63) is 11.3 Å². The van der Waals surface area contributed by atoms with E-state index in [1.165, 1.54) is 0 Å².